The number of hydrogen-bond donors (Lipinski definition) is 0. The summed E-state index contributed by atoms with van der Waals surface area (Å²) in [5.41, 5.74) is 1.04. The minimum Gasteiger partial charge on any atom is -0.207 e. The van der Waals surface area contributed by atoms with Crippen molar-refractivity contribution in [2.75, 3.05) is 0 Å². The van der Waals surface area contributed by atoms with E-state index in [0.29, 0.717) is 11.5 Å². The summed E-state index contributed by atoms with van der Waals surface area (Å²) < 4.78 is 42.6. The Hall–Kier alpha value is -1.55. The topological polar surface area (TPSA) is 0 Å². The third kappa shape index (κ3) is 6.77. The molecule has 0 atom stereocenters. The van der Waals surface area contributed by atoms with Gasteiger partial charge in [0.2, 0.25) is 0 Å². The van der Waals surface area contributed by atoms with Gasteiger partial charge in [-0.05, 0) is 78.8 Å². The molecule has 1 saturated heterocycles. The fourth-order valence-electron chi connectivity index (χ4n) is 6.38. The fourth-order valence-corrected chi connectivity index (χ4v) is 9.43. The Morgan fingerprint density at radius 2 is 1.41 bits per heavy atom. The molecule has 0 unspecified atom stereocenters. The lowest BCUT2D eigenvalue weighted by Gasteiger charge is -2.37. The molecule has 0 N–H and O–H groups in total. The van der Waals surface area contributed by atoms with Crippen LogP contribution in [0.3, 0.4) is 0 Å². The SMILES string of the molecule is CCCCC[Si]1CCC(C2CCC(CCc3cc(F)c(-c4ccc(F)cc4)c(F)c3)CC2)CC1. The molecule has 2 aromatic rings. The molecular weight excluding hydrogens is 445 g/mol. The third-order valence-electron chi connectivity index (χ3n) is 8.51. The first-order valence-corrected chi connectivity index (χ1v) is 15.7. The Labute approximate surface area is 206 Å². The maximum absolute atomic E-state index is 14.7. The number of aryl methyl sites for hydroxylation is 1. The molecule has 185 valence electrons. The average molecular weight is 486 g/mol. The smallest absolute Gasteiger partial charge is 0.134 e. The molecule has 1 aliphatic heterocycles. The number of hydrogen-bond acceptors (Lipinski definition) is 0. The van der Waals surface area contributed by atoms with Gasteiger partial charge in [0, 0.05) is 8.80 Å². The van der Waals surface area contributed by atoms with Crippen LogP contribution in [0.25, 0.3) is 11.1 Å². The molecule has 2 fully saturated rings. The first kappa shape index (κ1) is 25.5. The van der Waals surface area contributed by atoms with Gasteiger partial charge in [0.05, 0.1) is 5.56 Å². The molecule has 1 saturated carbocycles. The molecule has 4 rings (SSSR count). The summed E-state index contributed by atoms with van der Waals surface area (Å²) in [7, 11) is -0.0477. The Morgan fingerprint density at radius 3 is 2.03 bits per heavy atom. The monoisotopic (exact) mass is 485 g/mol. The molecule has 0 spiro atoms. The van der Waals surface area contributed by atoms with E-state index in [1.807, 2.05) is 0 Å². The molecule has 2 aromatic carbocycles. The molecule has 4 heteroatoms. The van der Waals surface area contributed by atoms with E-state index in [-0.39, 0.29) is 14.4 Å². The van der Waals surface area contributed by atoms with Crippen molar-refractivity contribution in [3.05, 3.63) is 59.4 Å². The van der Waals surface area contributed by atoms with E-state index in [2.05, 4.69) is 6.92 Å². The molecule has 1 heterocycles. The molecule has 0 bridgehead atoms. The number of unbranched alkanes of at least 4 members (excludes halogenated alkanes) is 2. The van der Waals surface area contributed by atoms with Crippen molar-refractivity contribution in [3.63, 3.8) is 0 Å². The van der Waals surface area contributed by atoms with Crippen LogP contribution in [0.1, 0.15) is 76.7 Å². The van der Waals surface area contributed by atoms with E-state index in [0.717, 1.165) is 30.2 Å². The molecule has 2 aliphatic rings. The molecule has 0 amide bonds. The van der Waals surface area contributed by atoms with Gasteiger partial charge in [-0.3, -0.25) is 0 Å². The summed E-state index contributed by atoms with van der Waals surface area (Å²) in [6.07, 6.45) is 14.1. The zero-order valence-electron chi connectivity index (χ0n) is 20.7. The number of benzene rings is 2. The van der Waals surface area contributed by atoms with Crippen molar-refractivity contribution in [2.24, 2.45) is 17.8 Å². The highest BCUT2D eigenvalue weighted by Crippen LogP contribution is 2.42. The second kappa shape index (κ2) is 12.4. The first-order chi connectivity index (χ1) is 16.5. The van der Waals surface area contributed by atoms with E-state index in [9.17, 15) is 13.2 Å². The van der Waals surface area contributed by atoms with E-state index in [4.69, 9.17) is 0 Å². The summed E-state index contributed by atoms with van der Waals surface area (Å²) in [6, 6.07) is 12.9. The predicted molar refractivity (Wildman–Crippen MR) is 138 cm³/mol. The maximum Gasteiger partial charge on any atom is 0.134 e. The lowest BCUT2D eigenvalue weighted by atomic mass is 9.73. The zero-order chi connectivity index (χ0) is 23.9. The van der Waals surface area contributed by atoms with Gasteiger partial charge in [-0.1, -0.05) is 82.1 Å². The quantitative estimate of drug-likeness (QED) is 0.245. The van der Waals surface area contributed by atoms with Gasteiger partial charge in [-0.2, -0.15) is 0 Å². The van der Waals surface area contributed by atoms with Crippen molar-refractivity contribution >= 4 is 8.80 Å². The fraction of sp³-hybridized carbons (Fsp3) is 0.600. The van der Waals surface area contributed by atoms with Gasteiger partial charge in [-0.25, -0.2) is 13.2 Å². The molecule has 0 aromatic heterocycles. The van der Waals surface area contributed by atoms with E-state index < -0.39 is 17.5 Å². The minimum absolute atomic E-state index is 0.0477. The van der Waals surface area contributed by atoms with Gasteiger partial charge in [-0.15, -0.1) is 0 Å². The molecule has 0 nitrogen and oxygen atoms in total. The number of halogens is 3. The van der Waals surface area contributed by atoms with E-state index in [1.165, 1.54) is 94.2 Å². The number of rotatable bonds is 9. The van der Waals surface area contributed by atoms with Gasteiger partial charge >= 0.3 is 0 Å². The summed E-state index contributed by atoms with van der Waals surface area (Å²) >= 11 is 0. The highest BCUT2D eigenvalue weighted by Gasteiger charge is 2.31. The van der Waals surface area contributed by atoms with Crippen molar-refractivity contribution in [3.8, 4) is 11.1 Å². The largest absolute Gasteiger partial charge is 0.207 e. The van der Waals surface area contributed by atoms with Crippen LogP contribution >= 0.6 is 0 Å². The molecular formula is C30H40F3Si. The minimum atomic E-state index is -0.557. The normalized spacial score (nSPS) is 22.2. The molecule has 1 radical (unpaired) electrons. The lowest BCUT2D eigenvalue weighted by Crippen LogP contribution is -2.28. The van der Waals surface area contributed by atoms with Crippen LogP contribution in [-0.4, -0.2) is 8.80 Å². The highest BCUT2D eigenvalue weighted by atomic mass is 28.3. The van der Waals surface area contributed by atoms with E-state index >= 15 is 0 Å². The molecule has 1 aliphatic carbocycles. The summed E-state index contributed by atoms with van der Waals surface area (Å²) in [6.45, 7) is 2.30. The Morgan fingerprint density at radius 1 is 0.794 bits per heavy atom. The van der Waals surface area contributed by atoms with Crippen LogP contribution in [-0.2, 0) is 6.42 Å². The van der Waals surface area contributed by atoms with Crippen LogP contribution in [0.5, 0.6) is 0 Å². The van der Waals surface area contributed by atoms with Gasteiger partial charge < -0.3 is 0 Å². The standard InChI is InChI=1S/C30H40F3Si/c1-2-3-4-17-34-18-15-25(16-19-34)24-9-7-22(8-10-24)5-6-23-20-28(32)30(29(33)21-23)26-11-13-27(31)14-12-26/h11-14,20-22,24-25H,2-10,15-19H2,1H3. The average Bonchev–Trinajstić information content (AvgIpc) is 2.84. The van der Waals surface area contributed by atoms with Crippen LogP contribution in [0.15, 0.2) is 36.4 Å². The van der Waals surface area contributed by atoms with Crippen LogP contribution in [0, 0.1) is 35.2 Å². The van der Waals surface area contributed by atoms with Crippen molar-refractivity contribution in [2.45, 2.75) is 95.7 Å². The van der Waals surface area contributed by atoms with Crippen LogP contribution in [0.2, 0.25) is 18.1 Å². The Kier molecular flexibility index (Phi) is 9.33. The second-order valence-electron chi connectivity index (χ2n) is 10.8. The van der Waals surface area contributed by atoms with Gasteiger partial charge in [0.15, 0.2) is 0 Å². The Bertz CT molecular complexity index is 871. The van der Waals surface area contributed by atoms with Gasteiger partial charge in [0.1, 0.15) is 17.5 Å². The predicted octanol–water partition coefficient (Wildman–Crippen LogP) is 9.60. The van der Waals surface area contributed by atoms with Crippen LogP contribution in [0.4, 0.5) is 13.2 Å². The third-order valence-corrected chi connectivity index (χ3v) is 11.6. The zero-order valence-corrected chi connectivity index (χ0v) is 21.7. The summed E-state index contributed by atoms with van der Waals surface area (Å²) in [5.74, 6) is 1.03. The summed E-state index contributed by atoms with van der Waals surface area (Å²) in [5, 5.41) is 0. The maximum atomic E-state index is 14.7. The summed E-state index contributed by atoms with van der Waals surface area (Å²) in [4.78, 5) is 0. The highest BCUT2D eigenvalue weighted by molar-refractivity contribution is 6.58. The van der Waals surface area contributed by atoms with E-state index in [1.54, 1.807) is 18.1 Å². The van der Waals surface area contributed by atoms with Crippen molar-refractivity contribution in [1.29, 1.82) is 0 Å². The first-order valence-electron chi connectivity index (χ1n) is 13.6. The Balaban J connectivity index is 1.22. The van der Waals surface area contributed by atoms with Crippen molar-refractivity contribution < 1.29 is 13.2 Å². The lowest BCUT2D eigenvalue weighted by molar-refractivity contribution is 0.186. The van der Waals surface area contributed by atoms with Gasteiger partial charge in [0.25, 0.3) is 0 Å². The van der Waals surface area contributed by atoms with Crippen molar-refractivity contribution in [1.82, 2.24) is 0 Å². The second-order valence-corrected chi connectivity index (χ2v) is 13.8. The molecule has 34 heavy (non-hydrogen) atoms. The van der Waals surface area contributed by atoms with Crippen LogP contribution < -0.4 is 0 Å².